The van der Waals surface area contributed by atoms with Crippen molar-refractivity contribution >= 4 is 39.7 Å². The lowest BCUT2D eigenvalue weighted by atomic mass is 9.93. The van der Waals surface area contributed by atoms with Gasteiger partial charge in [0.25, 0.3) is 0 Å². The number of carbonyl (C=O) groups is 1. The number of amides is 1. The molecule has 0 fully saturated rings. The van der Waals surface area contributed by atoms with Gasteiger partial charge in [0, 0.05) is 16.5 Å². The van der Waals surface area contributed by atoms with Crippen molar-refractivity contribution in [2.24, 2.45) is 4.99 Å². The molecule has 1 amide bonds. The minimum atomic E-state index is -0.905. The van der Waals surface area contributed by atoms with Crippen LogP contribution in [0.5, 0.6) is 0 Å². The molecule has 1 aliphatic heterocycles. The molecule has 2 heterocycles. The first-order valence-electron chi connectivity index (χ1n) is 9.63. The number of allylic oxidation sites excluding steroid dienone is 1. The maximum absolute atomic E-state index is 11.6. The van der Waals surface area contributed by atoms with E-state index >= 15 is 0 Å². The third-order valence-corrected chi connectivity index (χ3v) is 5.76. The SMILES string of the molecule is CCC1=NC(=O)S/C1=C\c1ccc2nn(Cc3ccccc3C(C)(C)O)cc2c1. The van der Waals surface area contributed by atoms with E-state index in [4.69, 9.17) is 0 Å². The highest BCUT2D eigenvalue weighted by Gasteiger charge is 2.21. The van der Waals surface area contributed by atoms with E-state index in [2.05, 4.69) is 16.2 Å². The first kappa shape index (κ1) is 19.6. The Morgan fingerprint density at radius 2 is 2.00 bits per heavy atom. The van der Waals surface area contributed by atoms with E-state index in [0.29, 0.717) is 6.54 Å². The molecular formula is C23H23N3O2S. The summed E-state index contributed by atoms with van der Waals surface area (Å²) < 4.78 is 1.90. The minimum Gasteiger partial charge on any atom is -0.386 e. The van der Waals surface area contributed by atoms with Gasteiger partial charge in [0.15, 0.2) is 0 Å². The molecule has 4 rings (SSSR count). The molecule has 3 aromatic rings. The van der Waals surface area contributed by atoms with Crippen molar-refractivity contribution < 1.29 is 9.90 Å². The summed E-state index contributed by atoms with van der Waals surface area (Å²) in [4.78, 5) is 16.6. The van der Waals surface area contributed by atoms with Gasteiger partial charge in [-0.1, -0.05) is 37.3 Å². The fourth-order valence-corrected chi connectivity index (χ4v) is 4.40. The lowest BCUT2D eigenvalue weighted by Crippen LogP contribution is -2.19. The molecule has 0 bridgehead atoms. The number of carbonyl (C=O) groups excluding carboxylic acids is 1. The lowest BCUT2D eigenvalue weighted by molar-refractivity contribution is 0.0775. The normalized spacial score (nSPS) is 16.1. The number of aliphatic imine (C=N–C) groups is 1. The summed E-state index contributed by atoms with van der Waals surface area (Å²) in [6.07, 6.45) is 4.77. The lowest BCUT2D eigenvalue weighted by Gasteiger charge is -2.21. The summed E-state index contributed by atoms with van der Waals surface area (Å²) in [5.41, 5.74) is 3.81. The topological polar surface area (TPSA) is 67.5 Å². The van der Waals surface area contributed by atoms with Gasteiger partial charge < -0.3 is 5.11 Å². The molecule has 2 aromatic carbocycles. The van der Waals surface area contributed by atoms with Crippen molar-refractivity contribution in [3.05, 3.63) is 70.3 Å². The third kappa shape index (κ3) is 4.18. The van der Waals surface area contributed by atoms with Gasteiger partial charge in [-0.05, 0) is 66.9 Å². The van der Waals surface area contributed by atoms with Crippen molar-refractivity contribution in [2.45, 2.75) is 39.3 Å². The highest BCUT2D eigenvalue weighted by molar-refractivity contribution is 8.18. The Bertz CT molecular complexity index is 1150. The van der Waals surface area contributed by atoms with Crippen LogP contribution in [-0.4, -0.2) is 25.8 Å². The molecule has 1 aromatic heterocycles. The molecular weight excluding hydrogens is 382 g/mol. The van der Waals surface area contributed by atoms with Gasteiger partial charge in [0.1, 0.15) is 0 Å². The molecule has 0 unspecified atom stereocenters. The van der Waals surface area contributed by atoms with Crippen LogP contribution in [0.4, 0.5) is 4.79 Å². The fraction of sp³-hybridized carbons (Fsp3) is 0.261. The molecule has 148 valence electrons. The molecule has 0 spiro atoms. The van der Waals surface area contributed by atoms with Gasteiger partial charge in [-0.2, -0.15) is 5.10 Å². The van der Waals surface area contributed by atoms with Crippen molar-refractivity contribution in [3.63, 3.8) is 0 Å². The van der Waals surface area contributed by atoms with Gasteiger partial charge in [-0.3, -0.25) is 9.48 Å². The first-order chi connectivity index (χ1) is 13.8. The number of hydrogen-bond acceptors (Lipinski definition) is 4. The third-order valence-electron chi connectivity index (χ3n) is 4.93. The maximum Gasteiger partial charge on any atom is 0.309 e. The molecule has 0 aliphatic carbocycles. The second kappa shape index (κ2) is 7.61. The second-order valence-corrected chi connectivity index (χ2v) is 8.64. The summed E-state index contributed by atoms with van der Waals surface area (Å²) in [6, 6.07) is 14.0. The molecule has 0 saturated heterocycles. The van der Waals surface area contributed by atoms with Crippen LogP contribution in [0, 0.1) is 0 Å². The summed E-state index contributed by atoms with van der Waals surface area (Å²) >= 11 is 1.18. The van der Waals surface area contributed by atoms with Crippen molar-refractivity contribution in [1.82, 2.24) is 9.78 Å². The summed E-state index contributed by atoms with van der Waals surface area (Å²) in [6.45, 7) is 6.18. The molecule has 6 heteroatoms. The molecule has 0 saturated carbocycles. The fourth-order valence-electron chi connectivity index (χ4n) is 3.55. The number of nitrogens with zero attached hydrogens (tertiary/aromatic N) is 3. The molecule has 5 nitrogen and oxygen atoms in total. The van der Waals surface area contributed by atoms with E-state index in [1.165, 1.54) is 11.8 Å². The molecule has 29 heavy (non-hydrogen) atoms. The monoisotopic (exact) mass is 405 g/mol. The first-order valence-corrected chi connectivity index (χ1v) is 10.4. The van der Waals surface area contributed by atoms with Crippen LogP contribution in [0.3, 0.4) is 0 Å². The zero-order valence-corrected chi connectivity index (χ0v) is 17.5. The standard InChI is InChI=1S/C23H23N3O2S/c1-4-19-21(29-22(27)24-19)12-15-9-10-20-17(11-15)14-26(25-20)13-16-7-5-6-8-18(16)23(2,3)28/h5-12,14,28H,4,13H2,1-3H3/b21-12-. The average molecular weight is 406 g/mol. The maximum atomic E-state index is 11.6. The van der Waals surface area contributed by atoms with Gasteiger partial charge >= 0.3 is 5.24 Å². The van der Waals surface area contributed by atoms with Crippen molar-refractivity contribution in [2.75, 3.05) is 0 Å². The Morgan fingerprint density at radius 1 is 1.21 bits per heavy atom. The number of fused-ring (bicyclic) bond motifs is 1. The van der Waals surface area contributed by atoms with E-state index in [9.17, 15) is 9.90 Å². The van der Waals surface area contributed by atoms with Crippen LogP contribution < -0.4 is 0 Å². The number of benzene rings is 2. The Balaban J connectivity index is 1.64. The highest BCUT2D eigenvalue weighted by Crippen LogP contribution is 2.31. The van der Waals surface area contributed by atoms with Crippen LogP contribution >= 0.6 is 11.8 Å². The van der Waals surface area contributed by atoms with Crippen LogP contribution in [-0.2, 0) is 12.1 Å². The Hall–Kier alpha value is -2.70. The van der Waals surface area contributed by atoms with Crippen LogP contribution in [0.1, 0.15) is 43.9 Å². The quantitative estimate of drug-likeness (QED) is 0.620. The number of aliphatic hydroxyl groups is 1. The van der Waals surface area contributed by atoms with Crippen molar-refractivity contribution in [1.29, 1.82) is 0 Å². The van der Waals surface area contributed by atoms with E-state index < -0.39 is 5.60 Å². The molecule has 0 radical (unpaired) electrons. The average Bonchev–Trinajstić information content (AvgIpc) is 3.23. The highest BCUT2D eigenvalue weighted by atomic mass is 32.2. The largest absolute Gasteiger partial charge is 0.386 e. The van der Waals surface area contributed by atoms with Crippen LogP contribution in [0.15, 0.2) is 58.6 Å². The Kier molecular flexibility index (Phi) is 5.15. The molecule has 0 atom stereocenters. The summed E-state index contributed by atoms with van der Waals surface area (Å²) in [5.74, 6) is 0. The van der Waals surface area contributed by atoms with E-state index in [-0.39, 0.29) is 5.24 Å². The van der Waals surface area contributed by atoms with Gasteiger partial charge in [0.2, 0.25) is 0 Å². The second-order valence-electron chi connectivity index (χ2n) is 7.65. The van der Waals surface area contributed by atoms with Gasteiger partial charge in [-0.25, -0.2) is 4.99 Å². The van der Waals surface area contributed by atoms with Crippen LogP contribution in [0.2, 0.25) is 0 Å². The number of hydrogen-bond donors (Lipinski definition) is 1. The number of rotatable bonds is 5. The molecule has 1 aliphatic rings. The van der Waals surface area contributed by atoms with E-state index in [1.807, 2.05) is 60.3 Å². The zero-order chi connectivity index (χ0) is 20.6. The Labute approximate surface area is 174 Å². The van der Waals surface area contributed by atoms with Gasteiger partial charge in [-0.15, -0.1) is 0 Å². The Morgan fingerprint density at radius 3 is 2.76 bits per heavy atom. The molecule has 1 N–H and O–H groups in total. The van der Waals surface area contributed by atoms with E-state index in [0.717, 1.165) is 44.6 Å². The predicted octanol–water partition coefficient (Wildman–Crippen LogP) is 5.37. The smallest absolute Gasteiger partial charge is 0.309 e. The summed E-state index contributed by atoms with van der Waals surface area (Å²) in [7, 11) is 0. The zero-order valence-electron chi connectivity index (χ0n) is 16.7. The van der Waals surface area contributed by atoms with Crippen LogP contribution in [0.25, 0.3) is 17.0 Å². The predicted molar refractivity (Wildman–Crippen MR) is 119 cm³/mol. The summed E-state index contributed by atoms with van der Waals surface area (Å²) in [5, 5.41) is 16.0. The number of aromatic nitrogens is 2. The minimum absolute atomic E-state index is 0.146. The van der Waals surface area contributed by atoms with Crippen molar-refractivity contribution in [3.8, 4) is 0 Å². The van der Waals surface area contributed by atoms with Gasteiger partial charge in [0.05, 0.1) is 23.4 Å². The number of thioether (sulfide) groups is 1. The van der Waals surface area contributed by atoms with E-state index in [1.54, 1.807) is 13.8 Å².